The van der Waals surface area contributed by atoms with Gasteiger partial charge in [-0.2, -0.15) is 0 Å². The van der Waals surface area contributed by atoms with E-state index < -0.39 is 5.82 Å². The van der Waals surface area contributed by atoms with Gasteiger partial charge in [0.05, 0.1) is 11.6 Å². The van der Waals surface area contributed by atoms with Crippen molar-refractivity contribution >= 4 is 21.8 Å². The van der Waals surface area contributed by atoms with Crippen molar-refractivity contribution in [2.75, 3.05) is 0 Å². The molecule has 1 aromatic heterocycles. The van der Waals surface area contributed by atoms with Crippen LogP contribution < -0.4 is 5.32 Å². The zero-order valence-electron chi connectivity index (χ0n) is 11.5. The van der Waals surface area contributed by atoms with Crippen molar-refractivity contribution in [3.8, 4) is 0 Å². The first-order valence-corrected chi connectivity index (χ1v) is 7.00. The third kappa shape index (κ3) is 3.10. The van der Waals surface area contributed by atoms with Crippen LogP contribution in [0.2, 0.25) is 0 Å². The first-order valence-electron chi connectivity index (χ1n) is 6.21. The van der Waals surface area contributed by atoms with Gasteiger partial charge in [0.25, 0.3) is 5.91 Å². The van der Waals surface area contributed by atoms with E-state index in [2.05, 4.69) is 21.2 Å². The van der Waals surface area contributed by atoms with Crippen LogP contribution in [0.15, 0.2) is 33.2 Å². The Labute approximate surface area is 125 Å². The van der Waals surface area contributed by atoms with E-state index in [0.717, 1.165) is 17.1 Å². The van der Waals surface area contributed by atoms with Crippen molar-refractivity contribution in [3.05, 3.63) is 57.2 Å². The molecule has 20 heavy (non-hydrogen) atoms. The molecule has 1 atom stereocenters. The number of hydrogen-bond acceptors (Lipinski definition) is 2. The van der Waals surface area contributed by atoms with Crippen molar-refractivity contribution in [3.63, 3.8) is 0 Å². The fourth-order valence-corrected chi connectivity index (χ4v) is 2.53. The molecular weight excluding hydrogens is 325 g/mol. The lowest BCUT2D eigenvalue weighted by molar-refractivity contribution is 0.0938. The van der Waals surface area contributed by atoms with Crippen LogP contribution in [0, 0.1) is 19.7 Å². The van der Waals surface area contributed by atoms with Crippen molar-refractivity contribution in [2.24, 2.45) is 0 Å². The number of nitrogens with one attached hydrogen (secondary N) is 1. The standard InChI is InChI=1S/C15H15BrFNO2/c1-8-6-12(10(3)20-8)9(2)18-15(19)13-7-11(17)4-5-14(13)16/h4-7,9H,1-3H3,(H,18,19). The van der Waals surface area contributed by atoms with Gasteiger partial charge >= 0.3 is 0 Å². The minimum atomic E-state index is -0.443. The van der Waals surface area contributed by atoms with E-state index in [-0.39, 0.29) is 17.5 Å². The molecule has 0 aliphatic carbocycles. The predicted molar refractivity (Wildman–Crippen MR) is 78.2 cm³/mol. The average molecular weight is 340 g/mol. The molecule has 0 radical (unpaired) electrons. The van der Waals surface area contributed by atoms with Crippen molar-refractivity contribution in [1.29, 1.82) is 0 Å². The normalized spacial score (nSPS) is 12.2. The molecule has 1 amide bonds. The monoisotopic (exact) mass is 339 g/mol. The Morgan fingerprint density at radius 1 is 1.35 bits per heavy atom. The number of hydrogen-bond donors (Lipinski definition) is 1. The minimum Gasteiger partial charge on any atom is -0.466 e. The third-order valence-electron chi connectivity index (χ3n) is 3.07. The molecule has 1 heterocycles. The van der Waals surface area contributed by atoms with Crippen LogP contribution in [0.1, 0.15) is 40.4 Å². The molecule has 0 spiro atoms. The van der Waals surface area contributed by atoms with Gasteiger partial charge in [-0.05, 0) is 61.0 Å². The number of halogens is 2. The predicted octanol–water partition coefficient (Wildman–Crippen LogP) is 4.29. The Morgan fingerprint density at radius 2 is 2.05 bits per heavy atom. The highest BCUT2D eigenvalue weighted by Crippen LogP contribution is 2.23. The Hall–Kier alpha value is -1.62. The molecule has 0 fully saturated rings. The summed E-state index contributed by atoms with van der Waals surface area (Å²) in [5, 5.41) is 2.84. The van der Waals surface area contributed by atoms with E-state index in [1.54, 1.807) is 0 Å². The molecule has 2 aromatic rings. The molecule has 106 valence electrons. The molecule has 0 saturated heterocycles. The molecular formula is C15H15BrFNO2. The molecule has 0 aliphatic heterocycles. The van der Waals surface area contributed by atoms with Gasteiger partial charge in [-0.1, -0.05) is 0 Å². The van der Waals surface area contributed by atoms with E-state index in [4.69, 9.17) is 4.42 Å². The molecule has 1 aromatic carbocycles. The quantitative estimate of drug-likeness (QED) is 0.906. The molecule has 0 bridgehead atoms. The first kappa shape index (κ1) is 14.8. The summed E-state index contributed by atoms with van der Waals surface area (Å²) in [5.74, 6) is 0.794. The molecule has 3 nitrogen and oxygen atoms in total. The summed E-state index contributed by atoms with van der Waals surface area (Å²) in [6, 6.07) is 5.70. The Morgan fingerprint density at radius 3 is 2.65 bits per heavy atom. The van der Waals surface area contributed by atoms with Gasteiger partial charge in [0.15, 0.2) is 0 Å². The van der Waals surface area contributed by atoms with Gasteiger partial charge in [0.2, 0.25) is 0 Å². The molecule has 0 aliphatic rings. The van der Waals surface area contributed by atoms with Crippen LogP contribution in [0.4, 0.5) is 4.39 Å². The van der Waals surface area contributed by atoms with Gasteiger partial charge in [-0.25, -0.2) is 4.39 Å². The van der Waals surface area contributed by atoms with Crippen molar-refractivity contribution < 1.29 is 13.6 Å². The second-order valence-electron chi connectivity index (χ2n) is 4.69. The van der Waals surface area contributed by atoms with Gasteiger partial charge in [-0.15, -0.1) is 0 Å². The summed E-state index contributed by atoms with van der Waals surface area (Å²) in [7, 11) is 0. The van der Waals surface area contributed by atoms with Gasteiger partial charge in [-0.3, -0.25) is 4.79 Å². The maximum atomic E-state index is 13.2. The second-order valence-corrected chi connectivity index (χ2v) is 5.54. The first-order chi connectivity index (χ1) is 9.38. The van der Waals surface area contributed by atoms with Crippen LogP contribution in [0.5, 0.6) is 0 Å². The number of furan rings is 1. The maximum absolute atomic E-state index is 13.2. The number of carbonyl (C=O) groups is 1. The third-order valence-corrected chi connectivity index (χ3v) is 3.76. The van der Waals surface area contributed by atoms with Crippen LogP contribution in [-0.2, 0) is 0 Å². The van der Waals surface area contributed by atoms with Crippen LogP contribution in [-0.4, -0.2) is 5.91 Å². The Balaban J connectivity index is 2.19. The van der Waals surface area contributed by atoms with E-state index >= 15 is 0 Å². The molecule has 5 heteroatoms. The SMILES string of the molecule is Cc1cc(C(C)NC(=O)c2cc(F)ccc2Br)c(C)o1. The lowest BCUT2D eigenvalue weighted by Gasteiger charge is -2.14. The van der Waals surface area contributed by atoms with E-state index in [1.165, 1.54) is 18.2 Å². The Bertz CT molecular complexity index is 651. The number of benzene rings is 1. The number of rotatable bonds is 3. The van der Waals surface area contributed by atoms with Crippen molar-refractivity contribution in [1.82, 2.24) is 5.32 Å². The van der Waals surface area contributed by atoms with Crippen molar-refractivity contribution in [2.45, 2.75) is 26.8 Å². The molecule has 2 rings (SSSR count). The smallest absolute Gasteiger partial charge is 0.253 e. The number of amides is 1. The fourth-order valence-electron chi connectivity index (χ4n) is 2.10. The van der Waals surface area contributed by atoms with E-state index in [0.29, 0.717) is 4.47 Å². The van der Waals surface area contributed by atoms with Gasteiger partial charge in [0, 0.05) is 10.0 Å². The van der Waals surface area contributed by atoms with Crippen LogP contribution in [0.25, 0.3) is 0 Å². The summed E-state index contributed by atoms with van der Waals surface area (Å²) in [5.41, 5.74) is 1.19. The summed E-state index contributed by atoms with van der Waals surface area (Å²) >= 11 is 3.25. The zero-order chi connectivity index (χ0) is 14.9. The summed E-state index contributed by atoms with van der Waals surface area (Å²) < 4.78 is 19.2. The highest BCUT2D eigenvalue weighted by atomic mass is 79.9. The van der Waals surface area contributed by atoms with Crippen LogP contribution in [0.3, 0.4) is 0 Å². The van der Waals surface area contributed by atoms with E-state index in [9.17, 15) is 9.18 Å². The lowest BCUT2D eigenvalue weighted by Crippen LogP contribution is -2.27. The summed E-state index contributed by atoms with van der Waals surface area (Å²) in [4.78, 5) is 12.2. The number of carbonyl (C=O) groups excluding carboxylic acids is 1. The fraction of sp³-hybridized carbons (Fsp3) is 0.267. The average Bonchev–Trinajstić information content (AvgIpc) is 2.71. The van der Waals surface area contributed by atoms with Gasteiger partial charge < -0.3 is 9.73 Å². The molecule has 1 unspecified atom stereocenters. The highest BCUT2D eigenvalue weighted by Gasteiger charge is 2.17. The Kier molecular flexibility index (Phi) is 4.28. The van der Waals surface area contributed by atoms with Gasteiger partial charge in [0.1, 0.15) is 17.3 Å². The zero-order valence-corrected chi connectivity index (χ0v) is 13.0. The van der Waals surface area contributed by atoms with Crippen LogP contribution >= 0.6 is 15.9 Å². The minimum absolute atomic E-state index is 0.213. The van der Waals surface area contributed by atoms with E-state index in [1.807, 2.05) is 26.8 Å². The highest BCUT2D eigenvalue weighted by molar-refractivity contribution is 9.10. The summed E-state index contributed by atoms with van der Waals surface area (Å²) in [6.45, 7) is 5.57. The number of aryl methyl sites for hydroxylation is 2. The molecule has 1 N–H and O–H groups in total. The second kappa shape index (κ2) is 5.79. The topological polar surface area (TPSA) is 42.2 Å². The lowest BCUT2D eigenvalue weighted by atomic mass is 10.1. The maximum Gasteiger partial charge on any atom is 0.253 e. The molecule has 0 saturated carbocycles. The largest absolute Gasteiger partial charge is 0.466 e. The summed E-state index contributed by atoms with van der Waals surface area (Å²) in [6.07, 6.45) is 0.